The molecule has 1 aromatic carbocycles. The van der Waals surface area contributed by atoms with E-state index in [0.29, 0.717) is 0 Å². The summed E-state index contributed by atoms with van der Waals surface area (Å²) in [4.78, 5) is 0.944. The average molecular weight is 300 g/mol. The predicted molar refractivity (Wildman–Crippen MR) is 63.3 cm³/mol. The molecule has 0 aromatic heterocycles. The van der Waals surface area contributed by atoms with E-state index in [-0.39, 0.29) is 17.8 Å². The number of rotatable bonds is 4. The van der Waals surface area contributed by atoms with Gasteiger partial charge < -0.3 is 10.6 Å². The molecule has 8 heteroatoms. The maximum absolute atomic E-state index is 12.7. The SMILES string of the molecule is CCN(CC(F)(F)F)c1ccc(C(F)(F)F)c(CN)c1. The zero-order chi connectivity index (χ0) is 15.6. The van der Waals surface area contributed by atoms with Gasteiger partial charge in [-0.3, -0.25) is 0 Å². The normalized spacial score (nSPS) is 12.6. The van der Waals surface area contributed by atoms with Crippen molar-refractivity contribution >= 4 is 5.69 Å². The molecule has 2 nitrogen and oxygen atoms in total. The number of alkyl halides is 6. The van der Waals surface area contributed by atoms with Crippen LogP contribution in [0.1, 0.15) is 18.1 Å². The topological polar surface area (TPSA) is 29.3 Å². The highest BCUT2D eigenvalue weighted by Gasteiger charge is 2.34. The highest BCUT2D eigenvalue weighted by atomic mass is 19.4. The van der Waals surface area contributed by atoms with Crippen LogP contribution in [-0.4, -0.2) is 19.3 Å². The third-order valence-corrected chi connectivity index (χ3v) is 2.73. The second-order valence-electron chi connectivity index (χ2n) is 4.17. The highest BCUT2D eigenvalue weighted by Crippen LogP contribution is 2.34. The lowest BCUT2D eigenvalue weighted by Crippen LogP contribution is -2.34. The van der Waals surface area contributed by atoms with Crippen molar-refractivity contribution in [1.82, 2.24) is 0 Å². The van der Waals surface area contributed by atoms with E-state index in [1.54, 1.807) is 0 Å². The van der Waals surface area contributed by atoms with Crippen LogP contribution in [-0.2, 0) is 12.7 Å². The summed E-state index contributed by atoms with van der Waals surface area (Å²) in [6.07, 6.45) is -9.00. The Hall–Kier alpha value is -1.44. The summed E-state index contributed by atoms with van der Waals surface area (Å²) < 4.78 is 75.2. The van der Waals surface area contributed by atoms with Crippen LogP contribution in [0.5, 0.6) is 0 Å². The molecule has 0 aliphatic rings. The molecule has 0 bridgehead atoms. The van der Waals surface area contributed by atoms with Crippen LogP contribution in [0.15, 0.2) is 18.2 Å². The highest BCUT2D eigenvalue weighted by molar-refractivity contribution is 5.52. The Morgan fingerprint density at radius 3 is 2.10 bits per heavy atom. The largest absolute Gasteiger partial charge is 0.416 e. The first-order valence-electron chi connectivity index (χ1n) is 5.80. The zero-order valence-corrected chi connectivity index (χ0v) is 10.6. The first kappa shape index (κ1) is 16.6. The van der Waals surface area contributed by atoms with Crippen molar-refractivity contribution in [3.8, 4) is 0 Å². The number of halogens is 6. The van der Waals surface area contributed by atoms with E-state index >= 15 is 0 Å². The van der Waals surface area contributed by atoms with Gasteiger partial charge in [-0.25, -0.2) is 0 Å². The van der Waals surface area contributed by atoms with Crippen LogP contribution in [0.2, 0.25) is 0 Å². The lowest BCUT2D eigenvalue weighted by molar-refractivity contribution is -0.138. The molecule has 114 valence electrons. The Morgan fingerprint density at radius 1 is 1.10 bits per heavy atom. The third kappa shape index (κ3) is 4.29. The Bertz CT molecular complexity index is 452. The van der Waals surface area contributed by atoms with Gasteiger partial charge in [0.25, 0.3) is 0 Å². The summed E-state index contributed by atoms with van der Waals surface area (Å²) in [7, 11) is 0. The van der Waals surface area contributed by atoms with Gasteiger partial charge in [0.1, 0.15) is 6.54 Å². The Labute approximate surface area is 112 Å². The van der Waals surface area contributed by atoms with Gasteiger partial charge in [0.2, 0.25) is 0 Å². The second kappa shape index (κ2) is 5.90. The number of anilines is 1. The monoisotopic (exact) mass is 300 g/mol. The van der Waals surface area contributed by atoms with E-state index in [0.717, 1.165) is 23.1 Å². The standard InChI is InChI=1S/C12H14F6N2/c1-2-20(7-11(13,14)15)9-3-4-10(12(16,17)18)8(5-9)6-19/h3-5H,2,6-7,19H2,1H3. The van der Waals surface area contributed by atoms with Crippen molar-refractivity contribution < 1.29 is 26.3 Å². The van der Waals surface area contributed by atoms with Crippen molar-refractivity contribution in [2.45, 2.75) is 25.8 Å². The molecule has 0 fully saturated rings. The van der Waals surface area contributed by atoms with E-state index in [2.05, 4.69) is 0 Å². The van der Waals surface area contributed by atoms with Crippen molar-refractivity contribution in [3.63, 3.8) is 0 Å². The minimum Gasteiger partial charge on any atom is -0.363 e. The first-order valence-corrected chi connectivity index (χ1v) is 5.80. The van der Waals surface area contributed by atoms with Crippen molar-refractivity contribution in [2.24, 2.45) is 5.73 Å². The van der Waals surface area contributed by atoms with Gasteiger partial charge in [-0.2, -0.15) is 26.3 Å². The smallest absolute Gasteiger partial charge is 0.363 e. The van der Waals surface area contributed by atoms with E-state index in [1.807, 2.05) is 0 Å². The van der Waals surface area contributed by atoms with Crippen LogP contribution < -0.4 is 10.6 Å². The van der Waals surface area contributed by atoms with E-state index in [4.69, 9.17) is 5.73 Å². The summed E-state index contributed by atoms with van der Waals surface area (Å²) in [5.74, 6) is 0. The van der Waals surface area contributed by atoms with Gasteiger partial charge in [0.15, 0.2) is 0 Å². The number of nitrogens with zero attached hydrogens (tertiary/aromatic N) is 1. The van der Waals surface area contributed by atoms with Crippen molar-refractivity contribution in [2.75, 3.05) is 18.0 Å². The summed E-state index contributed by atoms with van der Waals surface area (Å²) >= 11 is 0. The molecule has 1 aromatic rings. The fourth-order valence-electron chi connectivity index (χ4n) is 1.82. The molecule has 0 radical (unpaired) electrons. The van der Waals surface area contributed by atoms with Crippen molar-refractivity contribution in [1.29, 1.82) is 0 Å². The average Bonchev–Trinajstić information content (AvgIpc) is 2.33. The summed E-state index contributed by atoms with van der Waals surface area (Å²) in [5.41, 5.74) is 4.16. The fourth-order valence-corrected chi connectivity index (χ4v) is 1.82. The molecule has 20 heavy (non-hydrogen) atoms. The molecule has 0 saturated carbocycles. The van der Waals surface area contributed by atoms with Crippen LogP contribution >= 0.6 is 0 Å². The van der Waals surface area contributed by atoms with Crippen LogP contribution in [0.4, 0.5) is 32.0 Å². The summed E-state index contributed by atoms with van der Waals surface area (Å²) in [6.45, 7) is -0.106. The molecule has 0 saturated heterocycles. The minimum absolute atomic E-state index is 0.0227. The van der Waals surface area contributed by atoms with Crippen LogP contribution in [0, 0.1) is 0 Å². The van der Waals surface area contributed by atoms with E-state index in [1.165, 1.54) is 6.92 Å². The fraction of sp³-hybridized carbons (Fsp3) is 0.500. The lowest BCUT2D eigenvalue weighted by Gasteiger charge is -2.25. The van der Waals surface area contributed by atoms with E-state index < -0.39 is 31.0 Å². The lowest BCUT2D eigenvalue weighted by atomic mass is 10.1. The number of nitrogens with two attached hydrogens (primary N) is 1. The summed E-state index contributed by atoms with van der Waals surface area (Å²) in [6, 6.07) is 2.84. The van der Waals surface area contributed by atoms with Gasteiger partial charge in [-0.1, -0.05) is 0 Å². The van der Waals surface area contributed by atoms with Gasteiger partial charge in [0, 0.05) is 18.8 Å². The Kier molecular flexibility index (Phi) is 4.90. The molecule has 0 amide bonds. The molecule has 0 heterocycles. The maximum atomic E-state index is 12.7. The molecular formula is C12H14F6N2. The quantitative estimate of drug-likeness (QED) is 0.862. The maximum Gasteiger partial charge on any atom is 0.416 e. The van der Waals surface area contributed by atoms with Gasteiger partial charge in [0.05, 0.1) is 5.56 Å². The predicted octanol–water partition coefficient (Wildman–Crippen LogP) is 3.55. The minimum atomic E-state index is -4.58. The molecule has 1 rings (SSSR count). The first-order chi connectivity index (χ1) is 9.08. The second-order valence-corrected chi connectivity index (χ2v) is 4.17. The molecule has 0 atom stereocenters. The molecular weight excluding hydrogens is 286 g/mol. The third-order valence-electron chi connectivity index (χ3n) is 2.73. The molecule has 0 aliphatic carbocycles. The zero-order valence-electron chi connectivity index (χ0n) is 10.6. The number of hydrogen-bond acceptors (Lipinski definition) is 2. The Morgan fingerprint density at radius 2 is 1.70 bits per heavy atom. The molecule has 0 spiro atoms. The number of benzene rings is 1. The van der Waals surface area contributed by atoms with Gasteiger partial charge in [-0.15, -0.1) is 0 Å². The molecule has 0 unspecified atom stereocenters. The number of hydrogen-bond donors (Lipinski definition) is 1. The Balaban J connectivity index is 3.14. The molecule has 0 aliphatic heterocycles. The van der Waals surface area contributed by atoms with E-state index in [9.17, 15) is 26.3 Å². The molecule has 2 N–H and O–H groups in total. The van der Waals surface area contributed by atoms with Gasteiger partial charge >= 0.3 is 12.4 Å². The van der Waals surface area contributed by atoms with Crippen LogP contribution in [0.25, 0.3) is 0 Å². The summed E-state index contributed by atoms with van der Waals surface area (Å²) in [5, 5.41) is 0. The van der Waals surface area contributed by atoms with Crippen LogP contribution in [0.3, 0.4) is 0 Å². The van der Waals surface area contributed by atoms with Crippen molar-refractivity contribution in [3.05, 3.63) is 29.3 Å². The van der Waals surface area contributed by atoms with Gasteiger partial charge in [-0.05, 0) is 30.7 Å².